The van der Waals surface area contributed by atoms with Gasteiger partial charge in [0.05, 0.1) is 18.8 Å². The Kier molecular flexibility index (Phi) is 1.81. The van der Waals surface area contributed by atoms with Crippen molar-refractivity contribution >= 4 is 5.97 Å². The quantitative estimate of drug-likeness (QED) is 0.459. The molecule has 68 valence electrons. The molecule has 1 saturated heterocycles. The first-order chi connectivity index (χ1) is 5.68. The molecule has 12 heavy (non-hydrogen) atoms. The number of hydrogen-bond donors (Lipinski definition) is 1. The van der Waals surface area contributed by atoms with Gasteiger partial charge < -0.3 is 14.6 Å². The van der Waals surface area contributed by atoms with Crippen molar-refractivity contribution in [2.45, 2.75) is 31.7 Å². The molecule has 4 nitrogen and oxygen atoms in total. The Bertz CT molecular complexity index is 203. The van der Waals surface area contributed by atoms with Gasteiger partial charge in [-0.3, -0.25) is 4.79 Å². The fraction of sp³-hybridized carbons (Fsp3) is 0.875. The molecule has 0 spiro atoms. The highest BCUT2D eigenvalue weighted by molar-refractivity contribution is 5.65. The molecular weight excluding hydrogens is 160 g/mol. The summed E-state index contributed by atoms with van der Waals surface area (Å²) in [6.07, 6.45) is 0.625. The Balaban J connectivity index is 1.78. The van der Waals surface area contributed by atoms with Crippen molar-refractivity contribution in [1.29, 1.82) is 0 Å². The molecular formula is C8H12O4. The lowest BCUT2D eigenvalue weighted by molar-refractivity contribution is -0.143. The van der Waals surface area contributed by atoms with E-state index in [1.54, 1.807) is 0 Å². The van der Waals surface area contributed by atoms with Crippen LogP contribution >= 0.6 is 0 Å². The van der Waals surface area contributed by atoms with Crippen LogP contribution in [0.15, 0.2) is 0 Å². The van der Waals surface area contributed by atoms with Gasteiger partial charge >= 0.3 is 5.97 Å². The second-order valence-corrected chi connectivity index (χ2v) is 3.43. The van der Waals surface area contributed by atoms with E-state index < -0.39 is 6.10 Å². The summed E-state index contributed by atoms with van der Waals surface area (Å²) < 4.78 is 9.92. The van der Waals surface area contributed by atoms with Gasteiger partial charge in [-0.15, -0.1) is 0 Å². The van der Waals surface area contributed by atoms with Crippen molar-refractivity contribution in [3.05, 3.63) is 0 Å². The second kappa shape index (κ2) is 2.71. The fourth-order valence-electron chi connectivity index (χ4n) is 1.74. The molecule has 0 aromatic heterocycles. The first kappa shape index (κ1) is 8.01. The fourth-order valence-corrected chi connectivity index (χ4v) is 1.74. The Morgan fingerprint density at radius 1 is 1.75 bits per heavy atom. The molecule has 1 saturated carbocycles. The summed E-state index contributed by atoms with van der Waals surface area (Å²) in [4.78, 5) is 10.5. The first-order valence-electron chi connectivity index (χ1n) is 4.15. The molecule has 0 radical (unpaired) electrons. The number of ether oxygens (including phenoxy) is 2. The highest BCUT2D eigenvalue weighted by Gasteiger charge is 2.55. The molecule has 0 amide bonds. The number of aliphatic hydroxyl groups is 1. The van der Waals surface area contributed by atoms with Crippen LogP contribution in [0.5, 0.6) is 0 Å². The Hall–Kier alpha value is -0.610. The van der Waals surface area contributed by atoms with E-state index in [0.29, 0.717) is 6.61 Å². The van der Waals surface area contributed by atoms with E-state index in [9.17, 15) is 9.90 Å². The van der Waals surface area contributed by atoms with E-state index in [2.05, 4.69) is 0 Å². The summed E-state index contributed by atoms with van der Waals surface area (Å²) in [5.74, 6) is -0.207. The molecule has 1 heterocycles. The number of carbonyl (C=O) groups excluding carboxylic acids is 1. The summed E-state index contributed by atoms with van der Waals surface area (Å²) in [5.41, 5.74) is 0. The minimum absolute atomic E-state index is 0.0190. The van der Waals surface area contributed by atoms with Gasteiger partial charge in [0, 0.05) is 12.8 Å². The molecule has 1 N–H and O–H groups in total. The van der Waals surface area contributed by atoms with Gasteiger partial charge in [-0.25, -0.2) is 0 Å². The SMILES string of the molecule is CC(=O)OCC1CC2OC2C1O. The Labute approximate surface area is 70.5 Å². The molecule has 0 aromatic rings. The van der Waals surface area contributed by atoms with Gasteiger partial charge in [0.25, 0.3) is 0 Å². The maximum absolute atomic E-state index is 10.5. The van der Waals surface area contributed by atoms with Crippen LogP contribution < -0.4 is 0 Å². The first-order valence-corrected chi connectivity index (χ1v) is 4.15. The monoisotopic (exact) mass is 172 g/mol. The number of aliphatic hydroxyl groups excluding tert-OH is 1. The van der Waals surface area contributed by atoms with Gasteiger partial charge in [0.2, 0.25) is 0 Å². The van der Waals surface area contributed by atoms with Crippen LogP contribution in [0.25, 0.3) is 0 Å². The van der Waals surface area contributed by atoms with E-state index >= 15 is 0 Å². The van der Waals surface area contributed by atoms with Crippen molar-refractivity contribution in [1.82, 2.24) is 0 Å². The van der Waals surface area contributed by atoms with Crippen LogP contribution in [-0.4, -0.2) is 36.0 Å². The smallest absolute Gasteiger partial charge is 0.302 e. The zero-order valence-corrected chi connectivity index (χ0v) is 6.90. The van der Waals surface area contributed by atoms with Gasteiger partial charge in [-0.2, -0.15) is 0 Å². The third-order valence-electron chi connectivity index (χ3n) is 2.48. The summed E-state index contributed by atoms with van der Waals surface area (Å²) in [5, 5.41) is 9.50. The van der Waals surface area contributed by atoms with E-state index in [1.807, 2.05) is 0 Å². The van der Waals surface area contributed by atoms with Crippen LogP contribution in [-0.2, 0) is 14.3 Å². The maximum Gasteiger partial charge on any atom is 0.302 e. The highest BCUT2D eigenvalue weighted by Crippen LogP contribution is 2.42. The minimum Gasteiger partial charge on any atom is -0.465 e. The average molecular weight is 172 g/mol. The van der Waals surface area contributed by atoms with Crippen LogP contribution in [0, 0.1) is 5.92 Å². The number of epoxide rings is 1. The summed E-state index contributed by atoms with van der Waals surface area (Å²) in [6.45, 7) is 1.70. The topological polar surface area (TPSA) is 59.1 Å². The predicted molar refractivity (Wildman–Crippen MR) is 39.4 cm³/mol. The van der Waals surface area contributed by atoms with E-state index in [-0.39, 0.29) is 24.1 Å². The molecule has 1 aliphatic heterocycles. The van der Waals surface area contributed by atoms with Gasteiger partial charge in [-0.1, -0.05) is 0 Å². The number of fused-ring (bicyclic) bond motifs is 1. The van der Waals surface area contributed by atoms with Crippen molar-refractivity contribution in [3.63, 3.8) is 0 Å². The van der Waals surface area contributed by atoms with E-state index in [1.165, 1.54) is 6.92 Å². The zero-order valence-electron chi connectivity index (χ0n) is 6.90. The number of rotatable bonds is 2. The zero-order chi connectivity index (χ0) is 8.72. The lowest BCUT2D eigenvalue weighted by Gasteiger charge is -2.15. The molecule has 0 aromatic carbocycles. The van der Waals surface area contributed by atoms with Crippen molar-refractivity contribution in [2.75, 3.05) is 6.61 Å². The van der Waals surface area contributed by atoms with Gasteiger partial charge in [-0.05, 0) is 6.42 Å². The molecule has 2 aliphatic rings. The van der Waals surface area contributed by atoms with Crippen molar-refractivity contribution in [2.24, 2.45) is 5.92 Å². The standard InChI is InChI=1S/C8H12O4/c1-4(9)11-3-5-2-6-8(12-6)7(5)10/h5-8,10H,2-3H2,1H3. The van der Waals surface area contributed by atoms with Crippen LogP contribution in [0.2, 0.25) is 0 Å². The Morgan fingerprint density at radius 3 is 3.00 bits per heavy atom. The third-order valence-corrected chi connectivity index (χ3v) is 2.48. The van der Waals surface area contributed by atoms with E-state index in [0.717, 1.165) is 6.42 Å². The highest BCUT2D eigenvalue weighted by atomic mass is 16.6. The summed E-state index contributed by atoms with van der Waals surface area (Å²) in [7, 11) is 0. The average Bonchev–Trinajstić information content (AvgIpc) is 2.70. The molecule has 0 bridgehead atoms. The van der Waals surface area contributed by atoms with E-state index in [4.69, 9.17) is 9.47 Å². The molecule has 4 atom stereocenters. The molecule has 2 fully saturated rings. The predicted octanol–water partition coefficient (Wildman–Crippen LogP) is -0.302. The molecule has 1 aliphatic carbocycles. The summed E-state index contributed by atoms with van der Waals surface area (Å²) in [6, 6.07) is 0. The van der Waals surface area contributed by atoms with Crippen LogP contribution in [0.4, 0.5) is 0 Å². The van der Waals surface area contributed by atoms with Crippen LogP contribution in [0.3, 0.4) is 0 Å². The number of esters is 1. The molecule has 4 heteroatoms. The molecule has 2 rings (SSSR count). The maximum atomic E-state index is 10.5. The van der Waals surface area contributed by atoms with Gasteiger partial charge in [0.1, 0.15) is 6.10 Å². The van der Waals surface area contributed by atoms with Gasteiger partial charge in [0.15, 0.2) is 0 Å². The lowest BCUT2D eigenvalue weighted by atomic mass is 10.1. The third kappa shape index (κ3) is 1.32. The number of hydrogen-bond acceptors (Lipinski definition) is 4. The molecule has 4 unspecified atom stereocenters. The minimum atomic E-state index is -0.436. The lowest BCUT2D eigenvalue weighted by Crippen LogP contribution is -2.25. The normalized spacial score (nSPS) is 43.8. The van der Waals surface area contributed by atoms with Crippen molar-refractivity contribution in [3.8, 4) is 0 Å². The van der Waals surface area contributed by atoms with Crippen molar-refractivity contribution < 1.29 is 19.4 Å². The number of carbonyl (C=O) groups is 1. The van der Waals surface area contributed by atoms with Crippen LogP contribution in [0.1, 0.15) is 13.3 Å². The second-order valence-electron chi connectivity index (χ2n) is 3.43. The largest absolute Gasteiger partial charge is 0.465 e. The Morgan fingerprint density at radius 2 is 2.50 bits per heavy atom. The summed E-state index contributed by atoms with van der Waals surface area (Å²) >= 11 is 0.